The molecule has 2 aromatic carbocycles. The van der Waals surface area contributed by atoms with Crippen LogP contribution in [0, 0.1) is 5.82 Å². The fourth-order valence-electron chi connectivity index (χ4n) is 2.07. The summed E-state index contributed by atoms with van der Waals surface area (Å²) in [7, 11) is 4.33. The van der Waals surface area contributed by atoms with Crippen molar-refractivity contribution in [1.82, 2.24) is 0 Å². The standard InChI is InChI=1S/C16H15FO4/c1-19-12-8-7-10(17)9-11(12)16(18)15-13(20-2)5-4-6-14(15)21-3/h4-9H,1-3H3. The summed E-state index contributed by atoms with van der Waals surface area (Å²) >= 11 is 0. The van der Waals surface area contributed by atoms with Gasteiger partial charge in [-0.05, 0) is 30.3 Å². The molecule has 0 aromatic heterocycles. The summed E-state index contributed by atoms with van der Waals surface area (Å²) < 4.78 is 29.0. The van der Waals surface area contributed by atoms with E-state index in [1.54, 1.807) is 18.2 Å². The van der Waals surface area contributed by atoms with E-state index in [0.29, 0.717) is 11.5 Å². The van der Waals surface area contributed by atoms with Gasteiger partial charge in [-0.1, -0.05) is 6.07 Å². The molecule has 0 saturated carbocycles. The summed E-state index contributed by atoms with van der Waals surface area (Å²) in [5, 5.41) is 0. The van der Waals surface area contributed by atoms with Gasteiger partial charge in [0.1, 0.15) is 28.6 Å². The first-order valence-electron chi connectivity index (χ1n) is 6.21. The lowest BCUT2D eigenvalue weighted by Gasteiger charge is -2.13. The van der Waals surface area contributed by atoms with Crippen molar-refractivity contribution in [3.8, 4) is 17.2 Å². The molecule has 0 spiro atoms. The number of hydrogen-bond acceptors (Lipinski definition) is 4. The Kier molecular flexibility index (Phi) is 4.42. The first-order chi connectivity index (χ1) is 10.1. The molecule has 0 unspecified atom stereocenters. The summed E-state index contributed by atoms with van der Waals surface area (Å²) in [4.78, 5) is 12.7. The van der Waals surface area contributed by atoms with E-state index in [9.17, 15) is 9.18 Å². The third kappa shape index (κ3) is 2.81. The van der Waals surface area contributed by atoms with Crippen molar-refractivity contribution in [2.24, 2.45) is 0 Å². The Morgan fingerprint density at radius 1 is 0.905 bits per heavy atom. The van der Waals surface area contributed by atoms with E-state index in [2.05, 4.69) is 0 Å². The highest BCUT2D eigenvalue weighted by Gasteiger charge is 2.23. The molecular weight excluding hydrogens is 275 g/mol. The summed E-state index contributed by atoms with van der Waals surface area (Å²) in [6, 6.07) is 8.76. The van der Waals surface area contributed by atoms with Gasteiger partial charge in [-0.15, -0.1) is 0 Å². The van der Waals surface area contributed by atoms with E-state index in [4.69, 9.17) is 14.2 Å². The fraction of sp³-hybridized carbons (Fsp3) is 0.188. The van der Waals surface area contributed by atoms with Crippen LogP contribution >= 0.6 is 0 Å². The lowest BCUT2D eigenvalue weighted by Crippen LogP contribution is -2.08. The molecule has 2 rings (SSSR count). The molecule has 0 aliphatic rings. The lowest BCUT2D eigenvalue weighted by molar-refractivity contribution is 0.102. The molecule has 0 fully saturated rings. The van der Waals surface area contributed by atoms with Crippen molar-refractivity contribution in [3.63, 3.8) is 0 Å². The monoisotopic (exact) mass is 290 g/mol. The quantitative estimate of drug-likeness (QED) is 0.794. The van der Waals surface area contributed by atoms with Crippen LogP contribution < -0.4 is 14.2 Å². The van der Waals surface area contributed by atoms with Gasteiger partial charge in [0.15, 0.2) is 0 Å². The van der Waals surface area contributed by atoms with Crippen LogP contribution in [-0.2, 0) is 0 Å². The summed E-state index contributed by atoms with van der Waals surface area (Å²) in [5.74, 6) is 0.0411. The molecule has 0 heterocycles. The largest absolute Gasteiger partial charge is 0.496 e. The zero-order valence-corrected chi connectivity index (χ0v) is 12.0. The van der Waals surface area contributed by atoms with Gasteiger partial charge in [-0.3, -0.25) is 4.79 Å². The van der Waals surface area contributed by atoms with Crippen molar-refractivity contribution < 1.29 is 23.4 Å². The highest BCUT2D eigenvalue weighted by Crippen LogP contribution is 2.33. The Hall–Kier alpha value is -2.56. The zero-order chi connectivity index (χ0) is 15.4. The molecule has 0 saturated heterocycles. The highest BCUT2D eigenvalue weighted by atomic mass is 19.1. The molecule has 0 radical (unpaired) electrons. The minimum absolute atomic E-state index is 0.111. The molecular formula is C16H15FO4. The third-order valence-corrected chi connectivity index (χ3v) is 3.06. The van der Waals surface area contributed by atoms with Crippen LogP contribution in [0.4, 0.5) is 4.39 Å². The van der Waals surface area contributed by atoms with Crippen molar-refractivity contribution in [1.29, 1.82) is 0 Å². The topological polar surface area (TPSA) is 44.8 Å². The third-order valence-electron chi connectivity index (χ3n) is 3.06. The van der Waals surface area contributed by atoms with E-state index in [1.165, 1.54) is 33.5 Å². The molecule has 0 bridgehead atoms. The van der Waals surface area contributed by atoms with E-state index in [1.807, 2.05) is 0 Å². The molecule has 4 nitrogen and oxygen atoms in total. The maximum Gasteiger partial charge on any atom is 0.204 e. The SMILES string of the molecule is COc1ccc(F)cc1C(=O)c1c(OC)cccc1OC. The molecule has 21 heavy (non-hydrogen) atoms. The van der Waals surface area contributed by atoms with Crippen molar-refractivity contribution >= 4 is 5.78 Å². The normalized spacial score (nSPS) is 10.1. The number of ketones is 1. The average molecular weight is 290 g/mol. The smallest absolute Gasteiger partial charge is 0.204 e. The van der Waals surface area contributed by atoms with Crippen molar-refractivity contribution in [2.75, 3.05) is 21.3 Å². The average Bonchev–Trinajstić information content (AvgIpc) is 2.53. The molecule has 0 aliphatic heterocycles. The summed E-state index contributed by atoms with van der Waals surface area (Å²) in [5.41, 5.74) is 0.340. The summed E-state index contributed by atoms with van der Waals surface area (Å²) in [6.07, 6.45) is 0. The molecule has 5 heteroatoms. The Balaban J connectivity index is 2.62. The predicted molar refractivity (Wildman–Crippen MR) is 75.9 cm³/mol. The van der Waals surface area contributed by atoms with Gasteiger partial charge >= 0.3 is 0 Å². The second kappa shape index (κ2) is 6.26. The predicted octanol–water partition coefficient (Wildman–Crippen LogP) is 3.08. The van der Waals surface area contributed by atoms with E-state index in [-0.39, 0.29) is 16.9 Å². The van der Waals surface area contributed by atoms with Crippen LogP contribution in [-0.4, -0.2) is 27.1 Å². The van der Waals surface area contributed by atoms with Gasteiger partial charge in [0.25, 0.3) is 0 Å². The Morgan fingerprint density at radius 2 is 1.48 bits per heavy atom. The summed E-state index contributed by atoms with van der Waals surface area (Å²) in [6.45, 7) is 0. The fourth-order valence-corrected chi connectivity index (χ4v) is 2.07. The molecule has 2 aromatic rings. The number of rotatable bonds is 5. The van der Waals surface area contributed by atoms with E-state index >= 15 is 0 Å². The number of carbonyl (C=O) groups is 1. The van der Waals surface area contributed by atoms with Gasteiger partial charge in [-0.2, -0.15) is 0 Å². The highest BCUT2D eigenvalue weighted by molar-refractivity contribution is 6.14. The maximum atomic E-state index is 13.5. The van der Waals surface area contributed by atoms with Crippen LogP contribution in [0.2, 0.25) is 0 Å². The number of ether oxygens (including phenoxy) is 3. The number of halogens is 1. The number of hydrogen-bond donors (Lipinski definition) is 0. The second-order valence-electron chi connectivity index (χ2n) is 4.21. The first-order valence-corrected chi connectivity index (χ1v) is 6.21. The number of methoxy groups -OCH3 is 3. The van der Waals surface area contributed by atoms with E-state index < -0.39 is 11.6 Å². The van der Waals surface area contributed by atoms with Gasteiger partial charge in [0, 0.05) is 0 Å². The van der Waals surface area contributed by atoms with Crippen molar-refractivity contribution in [2.45, 2.75) is 0 Å². The minimum Gasteiger partial charge on any atom is -0.496 e. The van der Waals surface area contributed by atoms with Crippen LogP contribution in [0.3, 0.4) is 0 Å². The molecule has 0 N–H and O–H groups in total. The number of carbonyl (C=O) groups excluding carboxylic acids is 1. The first kappa shape index (κ1) is 14.8. The van der Waals surface area contributed by atoms with Crippen LogP contribution in [0.5, 0.6) is 17.2 Å². The van der Waals surface area contributed by atoms with Gasteiger partial charge in [0.2, 0.25) is 5.78 Å². The molecule has 0 aliphatic carbocycles. The van der Waals surface area contributed by atoms with E-state index in [0.717, 1.165) is 6.07 Å². The van der Waals surface area contributed by atoms with Gasteiger partial charge in [0.05, 0.1) is 26.9 Å². The Labute approximate surface area is 122 Å². The lowest BCUT2D eigenvalue weighted by atomic mass is 10.0. The molecule has 0 amide bonds. The Morgan fingerprint density at radius 3 is 2.00 bits per heavy atom. The maximum absolute atomic E-state index is 13.5. The van der Waals surface area contributed by atoms with Crippen LogP contribution in [0.25, 0.3) is 0 Å². The Bertz CT molecular complexity index is 645. The number of benzene rings is 2. The van der Waals surface area contributed by atoms with Crippen LogP contribution in [0.1, 0.15) is 15.9 Å². The zero-order valence-electron chi connectivity index (χ0n) is 12.0. The van der Waals surface area contributed by atoms with Crippen molar-refractivity contribution in [3.05, 3.63) is 53.3 Å². The minimum atomic E-state index is -0.520. The van der Waals surface area contributed by atoms with Gasteiger partial charge in [-0.25, -0.2) is 4.39 Å². The van der Waals surface area contributed by atoms with Gasteiger partial charge < -0.3 is 14.2 Å². The molecule has 0 atom stereocenters. The second-order valence-corrected chi connectivity index (χ2v) is 4.21. The van der Waals surface area contributed by atoms with Crippen LogP contribution in [0.15, 0.2) is 36.4 Å². The molecule has 110 valence electrons.